The summed E-state index contributed by atoms with van der Waals surface area (Å²) in [6.07, 6.45) is 3.89. The molecule has 3 rings (SSSR count). The summed E-state index contributed by atoms with van der Waals surface area (Å²) in [7, 11) is 0. The fourth-order valence-electron chi connectivity index (χ4n) is 3.31. The van der Waals surface area contributed by atoms with E-state index in [1.807, 2.05) is 0 Å². The Bertz CT molecular complexity index is 520. The third-order valence-electron chi connectivity index (χ3n) is 4.27. The van der Waals surface area contributed by atoms with Gasteiger partial charge in [0.05, 0.1) is 17.6 Å². The van der Waals surface area contributed by atoms with Gasteiger partial charge in [-0.05, 0) is 30.9 Å². The summed E-state index contributed by atoms with van der Waals surface area (Å²) in [5, 5.41) is 10.8. The maximum Gasteiger partial charge on any atom is 0.292 e. The molecular formula is C14H19N3O3. The standard InChI is InChI=1S/C14H19N3O3/c15-11-8-10(4-5-12(11)17(18)19)9-16-6-7-20-14-3-1-2-13(14)16/h4-5,8,13-14H,1-3,6-7,9,15H2. The Hall–Kier alpha value is -1.66. The van der Waals surface area contributed by atoms with Crippen LogP contribution in [0.1, 0.15) is 24.8 Å². The van der Waals surface area contributed by atoms with E-state index >= 15 is 0 Å². The number of nitrogen functional groups attached to an aromatic ring is 1. The number of nitro groups is 1. The Morgan fingerprint density at radius 1 is 1.45 bits per heavy atom. The topological polar surface area (TPSA) is 81.6 Å². The van der Waals surface area contributed by atoms with E-state index in [0.29, 0.717) is 12.1 Å². The molecule has 0 aromatic heterocycles. The first kappa shape index (κ1) is 13.3. The molecule has 1 aromatic rings. The first-order valence-electron chi connectivity index (χ1n) is 7.03. The number of nitrogens with zero attached hydrogens (tertiary/aromatic N) is 2. The van der Waals surface area contributed by atoms with Gasteiger partial charge in [0.1, 0.15) is 5.69 Å². The molecule has 2 N–H and O–H groups in total. The highest BCUT2D eigenvalue weighted by Gasteiger charge is 2.35. The molecule has 1 saturated heterocycles. The smallest absolute Gasteiger partial charge is 0.292 e. The summed E-state index contributed by atoms with van der Waals surface area (Å²) in [6.45, 7) is 2.47. The van der Waals surface area contributed by atoms with Gasteiger partial charge in [0.15, 0.2) is 0 Å². The molecule has 20 heavy (non-hydrogen) atoms. The van der Waals surface area contributed by atoms with Crippen molar-refractivity contribution >= 4 is 11.4 Å². The normalized spacial score (nSPS) is 26.4. The van der Waals surface area contributed by atoms with E-state index in [0.717, 1.165) is 31.7 Å². The summed E-state index contributed by atoms with van der Waals surface area (Å²) < 4.78 is 5.79. The zero-order valence-electron chi connectivity index (χ0n) is 11.3. The molecular weight excluding hydrogens is 258 g/mol. The van der Waals surface area contributed by atoms with Crippen molar-refractivity contribution in [2.45, 2.75) is 38.0 Å². The molecule has 0 spiro atoms. The molecule has 1 saturated carbocycles. The number of benzene rings is 1. The van der Waals surface area contributed by atoms with Crippen molar-refractivity contribution < 1.29 is 9.66 Å². The number of anilines is 1. The van der Waals surface area contributed by atoms with Gasteiger partial charge >= 0.3 is 0 Å². The Kier molecular flexibility index (Phi) is 3.58. The van der Waals surface area contributed by atoms with Gasteiger partial charge in [-0.3, -0.25) is 15.0 Å². The van der Waals surface area contributed by atoms with Gasteiger partial charge in [-0.1, -0.05) is 6.07 Å². The van der Waals surface area contributed by atoms with Gasteiger partial charge in [-0.2, -0.15) is 0 Å². The van der Waals surface area contributed by atoms with Gasteiger partial charge < -0.3 is 10.5 Å². The molecule has 6 heteroatoms. The van der Waals surface area contributed by atoms with Crippen molar-refractivity contribution in [1.29, 1.82) is 0 Å². The van der Waals surface area contributed by atoms with Gasteiger partial charge in [0.25, 0.3) is 5.69 Å². The fraction of sp³-hybridized carbons (Fsp3) is 0.571. The van der Waals surface area contributed by atoms with E-state index in [1.165, 1.54) is 18.9 Å². The van der Waals surface area contributed by atoms with Crippen molar-refractivity contribution in [2.24, 2.45) is 0 Å². The van der Waals surface area contributed by atoms with Gasteiger partial charge in [-0.25, -0.2) is 0 Å². The van der Waals surface area contributed by atoms with Crippen molar-refractivity contribution in [1.82, 2.24) is 4.90 Å². The average molecular weight is 277 g/mol. The summed E-state index contributed by atoms with van der Waals surface area (Å²) in [4.78, 5) is 12.7. The van der Waals surface area contributed by atoms with Gasteiger partial charge in [0, 0.05) is 25.2 Å². The summed E-state index contributed by atoms with van der Waals surface area (Å²) in [6, 6.07) is 5.50. The van der Waals surface area contributed by atoms with E-state index in [1.54, 1.807) is 12.1 Å². The van der Waals surface area contributed by atoms with Crippen molar-refractivity contribution in [3.05, 3.63) is 33.9 Å². The van der Waals surface area contributed by atoms with Crippen LogP contribution in [0.5, 0.6) is 0 Å². The minimum atomic E-state index is -0.444. The van der Waals surface area contributed by atoms with Crippen LogP contribution in [0.15, 0.2) is 18.2 Å². The highest BCUT2D eigenvalue weighted by atomic mass is 16.6. The molecule has 1 heterocycles. The minimum Gasteiger partial charge on any atom is -0.393 e. The molecule has 2 fully saturated rings. The van der Waals surface area contributed by atoms with Crippen molar-refractivity contribution in [3.63, 3.8) is 0 Å². The number of hydrogen-bond donors (Lipinski definition) is 1. The van der Waals surface area contributed by atoms with Crippen molar-refractivity contribution in [3.8, 4) is 0 Å². The number of hydrogen-bond acceptors (Lipinski definition) is 5. The number of ether oxygens (including phenoxy) is 1. The predicted molar refractivity (Wildman–Crippen MR) is 75.3 cm³/mol. The molecule has 2 unspecified atom stereocenters. The van der Waals surface area contributed by atoms with Crippen LogP contribution in [-0.4, -0.2) is 35.1 Å². The second-order valence-electron chi connectivity index (χ2n) is 5.53. The Balaban J connectivity index is 1.74. The number of rotatable bonds is 3. The summed E-state index contributed by atoms with van der Waals surface area (Å²) >= 11 is 0. The fourth-order valence-corrected chi connectivity index (χ4v) is 3.31. The molecule has 2 aliphatic rings. The quantitative estimate of drug-likeness (QED) is 0.518. The Labute approximate surface area is 117 Å². The highest BCUT2D eigenvalue weighted by Crippen LogP contribution is 2.31. The lowest BCUT2D eigenvalue weighted by Crippen LogP contribution is -2.47. The first-order chi connectivity index (χ1) is 9.65. The molecule has 1 aromatic carbocycles. The number of nitrogens with two attached hydrogens (primary N) is 1. The van der Waals surface area contributed by atoms with E-state index in [2.05, 4.69) is 4.90 Å². The average Bonchev–Trinajstić information content (AvgIpc) is 2.87. The lowest BCUT2D eigenvalue weighted by atomic mass is 10.1. The van der Waals surface area contributed by atoms with E-state index in [9.17, 15) is 10.1 Å². The second-order valence-corrected chi connectivity index (χ2v) is 5.53. The molecule has 108 valence electrons. The number of morpholine rings is 1. The van der Waals surface area contributed by atoms with Crippen LogP contribution in [0.25, 0.3) is 0 Å². The third kappa shape index (κ3) is 2.48. The monoisotopic (exact) mass is 277 g/mol. The minimum absolute atomic E-state index is 0.0190. The Morgan fingerprint density at radius 3 is 3.05 bits per heavy atom. The molecule has 2 atom stereocenters. The van der Waals surface area contributed by atoms with E-state index in [-0.39, 0.29) is 11.4 Å². The molecule has 1 aliphatic heterocycles. The number of fused-ring (bicyclic) bond motifs is 1. The zero-order valence-corrected chi connectivity index (χ0v) is 11.3. The Morgan fingerprint density at radius 2 is 2.30 bits per heavy atom. The van der Waals surface area contributed by atoms with Crippen LogP contribution in [0.2, 0.25) is 0 Å². The number of nitro benzene ring substituents is 1. The molecule has 0 bridgehead atoms. The van der Waals surface area contributed by atoms with Crippen LogP contribution < -0.4 is 5.73 Å². The van der Waals surface area contributed by atoms with Crippen LogP contribution in [-0.2, 0) is 11.3 Å². The van der Waals surface area contributed by atoms with Gasteiger partial charge in [-0.15, -0.1) is 0 Å². The molecule has 6 nitrogen and oxygen atoms in total. The SMILES string of the molecule is Nc1cc(CN2CCOC3CCCC32)ccc1[N+](=O)[O-]. The zero-order chi connectivity index (χ0) is 14.1. The van der Waals surface area contributed by atoms with Gasteiger partial charge in [0.2, 0.25) is 0 Å². The maximum absolute atomic E-state index is 10.8. The second kappa shape index (κ2) is 5.38. The molecule has 1 aliphatic carbocycles. The first-order valence-corrected chi connectivity index (χ1v) is 7.03. The summed E-state index contributed by atoms with van der Waals surface area (Å²) in [5.41, 5.74) is 7.00. The lowest BCUT2D eigenvalue weighted by Gasteiger charge is -2.37. The largest absolute Gasteiger partial charge is 0.393 e. The molecule has 0 radical (unpaired) electrons. The summed E-state index contributed by atoms with van der Waals surface area (Å²) in [5.74, 6) is 0. The van der Waals surface area contributed by atoms with E-state index < -0.39 is 4.92 Å². The van der Waals surface area contributed by atoms with Crippen molar-refractivity contribution in [2.75, 3.05) is 18.9 Å². The van der Waals surface area contributed by atoms with Crippen LogP contribution in [0, 0.1) is 10.1 Å². The van der Waals surface area contributed by atoms with Crippen LogP contribution >= 0.6 is 0 Å². The van der Waals surface area contributed by atoms with Crippen LogP contribution in [0.4, 0.5) is 11.4 Å². The predicted octanol–water partition coefficient (Wildman–Crippen LogP) is 1.93. The highest BCUT2D eigenvalue weighted by molar-refractivity contribution is 5.59. The van der Waals surface area contributed by atoms with Crippen LogP contribution in [0.3, 0.4) is 0 Å². The maximum atomic E-state index is 10.8. The molecule has 0 amide bonds. The third-order valence-corrected chi connectivity index (χ3v) is 4.27. The lowest BCUT2D eigenvalue weighted by molar-refractivity contribution is -0.383. The van der Waals surface area contributed by atoms with E-state index in [4.69, 9.17) is 10.5 Å².